The molecule has 1 rings (SSSR count). The van der Waals surface area contributed by atoms with Crippen molar-refractivity contribution in [3.05, 3.63) is 24.0 Å². The first-order valence-corrected chi connectivity index (χ1v) is 6.93. The molecule has 0 radical (unpaired) electrons. The van der Waals surface area contributed by atoms with Crippen LogP contribution in [0.4, 0.5) is 0 Å². The standard InChI is InChI=1S/C15H28N2O/c1-5-9-17-10-6-7-14(17)12-16-13-15(2,3)8-11-18-4/h6-7,10,16H,5,8-9,11-13H2,1-4H3. The summed E-state index contributed by atoms with van der Waals surface area (Å²) in [5.41, 5.74) is 1.66. The van der Waals surface area contributed by atoms with Gasteiger partial charge < -0.3 is 14.6 Å². The molecule has 18 heavy (non-hydrogen) atoms. The molecule has 1 N–H and O–H groups in total. The van der Waals surface area contributed by atoms with Crippen LogP contribution in [0.2, 0.25) is 0 Å². The van der Waals surface area contributed by atoms with Gasteiger partial charge in [0.25, 0.3) is 0 Å². The van der Waals surface area contributed by atoms with Gasteiger partial charge in [-0.1, -0.05) is 20.8 Å². The fourth-order valence-corrected chi connectivity index (χ4v) is 2.06. The van der Waals surface area contributed by atoms with Crippen LogP contribution in [0.3, 0.4) is 0 Å². The van der Waals surface area contributed by atoms with E-state index in [-0.39, 0.29) is 5.41 Å². The lowest BCUT2D eigenvalue weighted by Gasteiger charge is -2.24. The molecule has 0 unspecified atom stereocenters. The zero-order valence-electron chi connectivity index (χ0n) is 12.3. The molecule has 0 aromatic carbocycles. The Bertz CT molecular complexity index is 331. The van der Waals surface area contributed by atoms with Gasteiger partial charge >= 0.3 is 0 Å². The maximum absolute atomic E-state index is 5.15. The van der Waals surface area contributed by atoms with Crippen molar-refractivity contribution in [3.8, 4) is 0 Å². The van der Waals surface area contributed by atoms with Crippen molar-refractivity contribution in [1.29, 1.82) is 0 Å². The molecule has 0 aliphatic carbocycles. The third-order valence-corrected chi connectivity index (χ3v) is 3.28. The zero-order chi connectivity index (χ0) is 13.4. The van der Waals surface area contributed by atoms with Gasteiger partial charge in [-0.15, -0.1) is 0 Å². The van der Waals surface area contributed by atoms with Crippen LogP contribution in [-0.2, 0) is 17.8 Å². The van der Waals surface area contributed by atoms with Gasteiger partial charge in [-0.05, 0) is 30.4 Å². The van der Waals surface area contributed by atoms with Crippen LogP contribution in [0.15, 0.2) is 18.3 Å². The Kier molecular flexibility index (Phi) is 6.44. The van der Waals surface area contributed by atoms with Crippen LogP contribution in [-0.4, -0.2) is 24.8 Å². The first kappa shape index (κ1) is 15.3. The highest BCUT2D eigenvalue weighted by atomic mass is 16.5. The van der Waals surface area contributed by atoms with Gasteiger partial charge in [0.1, 0.15) is 0 Å². The third-order valence-electron chi connectivity index (χ3n) is 3.28. The van der Waals surface area contributed by atoms with Gasteiger partial charge in [0.2, 0.25) is 0 Å². The number of ether oxygens (including phenoxy) is 1. The van der Waals surface area contributed by atoms with Crippen molar-refractivity contribution in [3.63, 3.8) is 0 Å². The SMILES string of the molecule is CCCn1cccc1CNCC(C)(C)CCOC. The van der Waals surface area contributed by atoms with Gasteiger partial charge in [-0.25, -0.2) is 0 Å². The van der Waals surface area contributed by atoms with Gasteiger partial charge in [0.05, 0.1) is 0 Å². The highest BCUT2D eigenvalue weighted by molar-refractivity contribution is 5.06. The summed E-state index contributed by atoms with van der Waals surface area (Å²) in [5.74, 6) is 0. The van der Waals surface area contributed by atoms with E-state index in [1.165, 1.54) is 12.1 Å². The van der Waals surface area contributed by atoms with Crippen LogP contribution in [0.1, 0.15) is 39.3 Å². The second-order valence-corrected chi connectivity index (χ2v) is 5.70. The molecule has 0 spiro atoms. The number of methoxy groups -OCH3 is 1. The Balaban J connectivity index is 2.34. The van der Waals surface area contributed by atoms with Crippen LogP contribution in [0, 0.1) is 5.41 Å². The molecule has 3 heteroatoms. The Morgan fingerprint density at radius 1 is 1.39 bits per heavy atom. The van der Waals surface area contributed by atoms with Crippen LogP contribution >= 0.6 is 0 Å². The molecule has 3 nitrogen and oxygen atoms in total. The Morgan fingerprint density at radius 2 is 2.17 bits per heavy atom. The summed E-state index contributed by atoms with van der Waals surface area (Å²) in [5, 5.41) is 3.56. The third kappa shape index (κ3) is 5.23. The minimum atomic E-state index is 0.290. The Labute approximate surface area is 112 Å². The predicted octanol–water partition coefficient (Wildman–Crippen LogP) is 3.05. The van der Waals surface area contributed by atoms with Gasteiger partial charge in [-0.3, -0.25) is 0 Å². The van der Waals surface area contributed by atoms with E-state index in [1.54, 1.807) is 7.11 Å². The number of rotatable bonds is 9. The van der Waals surface area contributed by atoms with E-state index in [0.29, 0.717) is 0 Å². The van der Waals surface area contributed by atoms with E-state index in [4.69, 9.17) is 4.74 Å². The number of aromatic nitrogens is 1. The summed E-state index contributed by atoms with van der Waals surface area (Å²) in [4.78, 5) is 0. The molecule has 0 fully saturated rings. The first-order valence-electron chi connectivity index (χ1n) is 6.93. The average Bonchev–Trinajstić information content (AvgIpc) is 2.75. The normalized spacial score (nSPS) is 12.0. The van der Waals surface area contributed by atoms with E-state index in [9.17, 15) is 0 Å². The minimum Gasteiger partial charge on any atom is -0.385 e. The highest BCUT2D eigenvalue weighted by Crippen LogP contribution is 2.18. The molecule has 0 atom stereocenters. The highest BCUT2D eigenvalue weighted by Gasteiger charge is 2.16. The average molecular weight is 252 g/mol. The molecule has 104 valence electrons. The Morgan fingerprint density at radius 3 is 2.83 bits per heavy atom. The topological polar surface area (TPSA) is 26.2 Å². The van der Waals surface area contributed by atoms with Crippen molar-refractivity contribution in [1.82, 2.24) is 9.88 Å². The summed E-state index contributed by atoms with van der Waals surface area (Å²) in [6.45, 7) is 10.7. The first-order chi connectivity index (χ1) is 8.59. The van der Waals surface area contributed by atoms with Crippen molar-refractivity contribution >= 4 is 0 Å². The molecule has 0 saturated carbocycles. The molecule has 0 bridgehead atoms. The second-order valence-electron chi connectivity index (χ2n) is 5.70. The predicted molar refractivity (Wildman–Crippen MR) is 76.7 cm³/mol. The van der Waals surface area contributed by atoms with Gasteiger partial charge in [-0.2, -0.15) is 0 Å². The minimum absolute atomic E-state index is 0.290. The molecular formula is C15H28N2O. The van der Waals surface area contributed by atoms with Crippen LogP contribution in [0.25, 0.3) is 0 Å². The summed E-state index contributed by atoms with van der Waals surface area (Å²) in [6.07, 6.45) is 4.43. The molecule has 1 heterocycles. The van der Waals surface area contributed by atoms with E-state index in [1.807, 2.05) is 0 Å². The quantitative estimate of drug-likeness (QED) is 0.731. The van der Waals surface area contributed by atoms with E-state index < -0.39 is 0 Å². The lowest BCUT2D eigenvalue weighted by atomic mass is 9.90. The smallest absolute Gasteiger partial charge is 0.0467 e. The van der Waals surface area contributed by atoms with Crippen molar-refractivity contribution < 1.29 is 4.74 Å². The zero-order valence-corrected chi connectivity index (χ0v) is 12.3. The summed E-state index contributed by atoms with van der Waals surface area (Å²) < 4.78 is 7.48. The van der Waals surface area contributed by atoms with Crippen LogP contribution < -0.4 is 5.32 Å². The monoisotopic (exact) mass is 252 g/mol. The molecule has 0 amide bonds. The number of hydrogen-bond donors (Lipinski definition) is 1. The fraction of sp³-hybridized carbons (Fsp3) is 0.733. The largest absolute Gasteiger partial charge is 0.385 e. The van der Waals surface area contributed by atoms with E-state index in [2.05, 4.69) is 49.0 Å². The van der Waals surface area contributed by atoms with E-state index in [0.717, 1.165) is 32.7 Å². The molecule has 0 aliphatic heterocycles. The number of hydrogen-bond acceptors (Lipinski definition) is 2. The Hall–Kier alpha value is -0.800. The summed E-state index contributed by atoms with van der Waals surface area (Å²) in [6, 6.07) is 4.33. The van der Waals surface area contributed by atoms with Gasteiger partial charge in [0.15, 0.2) is 0 Å². The maximum atomic E-state index is 5.15. The lowest BCUT2D eigenvalue weighted by molar-refractivity contribution is 0.150. The number of nitrogens with one attached hydrogen (secondary N) is 1. The molecule has 0 saturated heterocycles. The summed E-state index contributed by atoms with van der Waals surface area (Å²) in [7, 11) is 1.77. The van der Waals surface area contributed by atoms with Crippen molar-refractivity contribution in [2.75, 3.05) is 20.3 Å². The lowest BCUT2D eigenvalue weighted by Crippen LogP contribution is -2.30. The fourth-order valence-electron chi connectivity index (χ4n) is 2.06. The van der Waals surface area contributed by atoms with E-state index >= 15 is 0 Å². The maximum Gasteiger partial charge on any atom is 0.0467 e. The van der Waals surface area contributed by atoms with Gasteiger partial charge in [0, 0.05) is 45.2 Å². The molecule has 0 aliphatic rings. The number of aryl methyl sites for hydroxylation is 1. The van der Waals surface area contributed by atoms with Crippen molar-refractivity contribution in [2.45, 2.75) is 46.7 Å². The second kappa shape index (κ2) is 7.59. The number of nitrogens with zero attached hydrogens (tertiary/aromatic N) is 1. The molecular weight excluding hydrogens is 224 g/mol. The van der Waals surface area contributed by atoms with Crippen LogP contribution in [0.5, 0.6) is 0 Å². The summed E-state index contributed by atoms with van der Waals surface area (Å²) >= 11 is 0. The molecule has 1 aromatic heterocycles. The van der Waals surface area contributed by atoms with Crippen molar-refractivity contribution in [2.24, 2.45) is 5.41 Å². The molecule has 1 aromatic rings.